The molecule has 0 saturated heterocycles. The lowest BCUT2D eigenvalue weighted by molar-refractivity contribution is -0.382. The Bertz CT molecular complexity index is 392. The van der Waals surface area contributed by atoms with Crippen molar-refractivity contribution in [2.75, 3.05) is 13.7 Å². The van der Waals surface area contributed by atoms with Crippen molar-refractivity contribution in [1.82, 2.24) is 0 Å². The van der Waals surface area contributed by atoms with E-state index in [1.54, 1.807) is 7.11 Å². The first-order valence-corrected chi connectivity index (χ1v) is 6.76. The Balaban J connectivity index is 0.00000120. The summed E-state index contributed by atoms with van der Waals surface area (Å²) in [7, 11) is 1.73. The minimum absolute atomic E-state index is 0. The van der Waals surface area contributed by atoms with Gasteiger partial charge in [0.2, 0.25) is 0 Å². The first-order valence-electron chi connectivity index (χ1n) is 6.76. The van der Waals surface area contributed by atoms with Crippen LogP contribution in [0.4, 0.5) is 0 Å². The lowest BCUT2D eigenvalue weighted by atomic mass is 9.75. The number of ether oxygens (including phenoxy) is 1. The highest BCUT2D eigenvalue weighted by Gasteiger charge is 2.48. The van der Waals surface area contributed by atoms with Crippen molar-refractivity contribution < 1.29 is 22.9 Å². The molecule has 1 aromatic rings. The van der Waals surface area contributed by atoms with Crippen LogP contribution in [0.25, 0.3) is 0 Å². The lowest BCUT2D eigenvalue weighted by Crippen LogP contribution is -3.00. The Labute approximate surface area is 115 Å². The van der Waals surface area contributed by atoms with Gasteiger partial charge in [0, 0.05) is 5.92 Å². The monoisotopic (exact) mass is 267 g/mol. The summed E-state index contributed by atoms with van der Waals surface area (Å²) in [6, 6.07) is 8.71. The van der Waals surface area contributed by atoms with Crippen LogP contribution >= 0.6 is 0 Å². The highest BCUT2D eigenvalue weighted by Crippen LogP contribution is 2.56. The van der Waals surface area contributed by atoms with E-state index >= 15 is 0 Å². The van der Waals surface area contributed by atoms with Crippen LogP contribution < -0.4 is 22.9 Å². The van der Waals surface area contributed by atoms with Crippen molar-refractivity contribution >= 4 is 0 Å². The van der Waals surface area contributed by atoms with E-state index in [1.807, 2.05) is 0 Å². The summed E-state index contributed by atoms with van der Waals surface area (Å²) >= 11 is 0. The molecule has 2 saturated carbocycles. The van der Waals surface area contributed by atoms with Gasteiger partial charge in [-0.3, -0.25) is 0 Å². The third-order valence-corrected chi connectivity index (χ3v) is 4.92. The summed E-state index contributed by atoms with van der Waals surface area (Å²) < 4.78 is 5.23. The maximum atomic E-state index is 5.23. The second kappa shape index (κ2) is 5.50. The van der Waals surface area contributed by atoms with Crippen molar-refractivity contribution in [2.45, 2.75) is 25.2 Å². The molecule has 3 N–H and O–H groups in total. The van der Waals surface area contributed by atoms with Gasteiger partial charge in [0.1, 0.15) is 5.75 Å². The molecule has 0 heterocycles. The molecule has 4 atom stereocenters. The summed E-state index contributed by atoms with van der Waals surface area (Å²) in [5.41, 5.74) is 5.68. The van der Waals surface area contributed by atoms with Crippen molar-refractivity contribution in [3.8, 4) is 5.75 Å². The Morgan fingerprint density at radius 3 is 2.44 bits per heavy atom. The van der Waals surface area contributed by atoms with Gasteiger partial charge in [-0.2, -0.15) is 0 Å². The number of benzene rings is 1. The number of halogens is 1. The smallest absolute Gasteiger partial charge is 0.118 e. The number of methoxy groups -OCH3 is 1. The lowest BCUT2D eigenvalue weighted by Gasteiger charge is -2.29. The van der Waals surface area contributed by atoms with Gasteiger partial charge in [-0.15, -0.1) is 0 Å². The fourth-order valence-corrected chi connectivity index (χ4v) is 4.17. The minimum atomic E-state index is 0. The molecule has 0 aromatic heterocycles. The molecule has 1 aromatic carbocycles. The zero-order valence-corrected chi connectivity index (χ0v) is 11.7. The molecular weight excluding hydrogens is 246 g/mol. The first-order chi connectivity index (χ1) is 8.33. The van der Waals surface area contributed by atoms with Crippen molar-refractivity contribution in [1.29, 1.82) is 0 Å². The molecule has 2 fully saturated rings. The van der Waals surface area contributed by atoms with Crippen LogP contribution in [0.3, 0.4) is 0 Å². The van der Waals surface area contributed by atoms with E-state index in [0.29, 0.717) is 0 Å². The van der Waals surface area contributed by atoms with E-state index in [0.717, 1.165) is 36.0 Å². The van der Waals surface area contributed by atoms with Gasteiger partial charge in [-0.25, -0.2) is 0 Å². The highest BCUT2D eigenvalue weighted by atomic mass is 35.5. The molecule has 2 aliphatic carbocycles. The third-order valence-electron chi connectivity index (χ3n) is 4.92. The maximum absolute atomic E-state index is 5.23. The maximum Gasteiger partial charge on any atom is 0.118 e. The molecular formula is C15H22ClNO. The van der Waals surface area contributed by atoms with Crippen LogP contribution in [0.2, 0.25) is 0 Å². The molecule has 0 aliphatic heterocycles. The predicted octanol–water partition coefficient (Wildman–Crippen LogP) is -0.929. The molecule has 2 nitrogen and oxygen atoms in total. The third kappa shape index (κ3) is 2.12. The topological polar surface area (TPSA) is 36.9 Å². The fraction of sp³-hybridized carbons (Fsp3) is 0.600. The van der Waals surface area contributed by atoms with Crippen LogP contribution in [0.15, 0.2) is 24.3 Å². The molecule has 3 heteroatoms. The van der Waals surface area contributed by atoms with Gasteiger partial charge in [-0.1, -0.05) is 12.1 Å². The normalized spacial score (nSPS) is 33.2. The average molecular weight is 268 g/mol. The highest BCUT2D eigenvalue weighted by molar-refractivity contribution is 5.31. The molecule has 2 aliphatic rings. The van der Waals surface area contributed by atoms with Crippen LogP contribution in [0.5, 0.6) is 5.75 Å². The molecule has 2 bridgehead atoms. The summed E-state index contributed by atoms with van der Waals surface area (Å²) in [5, 5.41) is 0. The van der Waals surface area contributed by atoms with Crippen LogP contribution in [-0.2, 0) is 0 Å². The second-order valence-electron chi connectivity index (χ2n) is 5.58. The predicted molar refractivity (Wildman–Crippen MR) is 67.8 cm³/mol. The van der Waals surface area contributed by atoms with Gasteiger partial charge in [-0.05, 0) is 54.7 Å². The summed E-state index contributed by atoms with van der Waals surface area (Å²) in [5.74, 6) is 4.41. The Morgan fingerprint density at radius 1 is 1.17 bits per heavy atom. The van der Waals surface area contributed by atoms with Crippen molar-refractivity contribution in [2.24, 2.45) is 17.8 Å². The van der Waals surface area contributed by atoms with E-state index in [1.165, 1.54) is 24.8 Å². The quantitative estimate of drug-likeness (QED) is 0.755. The van der Waals surface area contributed by atoms with Crippen molar-refractivity contribution in [3.05, 3.63) is 29.8 Å². The average Bonchev–Trinajstić information content (AvgIpc) is 2.98. The van der Waals surface area contributed by atoms with Gasteiger partial charge in [0.05, 0.1) is 13.7 Å². The van der Waals surface area contributed by atoms with E-state index in [9.17, 15) is 0 Å². The number of fused-ring (bicyclic) bond motifs is 2. The van der Waals surface area contributed by atoms with E-state index in [2.05, 4.69) is 30.0 Å². The first kappa shape index (κ1) is 13.7. The number of hydrogen-bond donors (Lipinski definition) is 1. The van der Waals surface area contributed by atoms with Gasteiger partial charge < -0.3 is 22.9 Å². The Morgan fingerprint density at radius 2 is 1.83 bits per heavy atom. The van der Waals surface area contributed by atoms with E-state index in [4.69, 9.17) is 4.74 Å². The SMILES string of the molecule is COc1ccc([C@H]2[C@H]3CC[C@H](C3)[C@@H]2C[NH3+])cc1.[Cl-]. The van der Waals surface area contributed by atoms with Crippen molar-refractivity contribution in [3.63, 3.8) is 0 Å². The fourth-order valence-electron chi connectivity index (χ4n) is 4.17. The minimum Gasteiger partial charge on any atom is -1.00 e. The van der Waals surface area contributed by atoms with Gasteiger partial charge in [0.15, 0.2) is 0 Å². The molecule has 18 heavy (non-hydrogen) atoms. The largest absolute Gasteiger partial charge is 1.00 e. The van der Waals surface area contributed by atoms with E-state index in [-0.39, 0.29) is 12.4 Å². The number of rotatable bonds is 3. The van der Waals surface area contributed by atoms with Crippen LogP contribution in [0, 0.1) is 17.8 Å². The molecule has 0 radical (unpaired) electrons. The van der Waals surface area contributed by atoms with E-state index < -0.39 is 0 Å². The molecule has 100 valence electrons. The molecule has 0 spiro atoms. The zero-order chi connectivity index (χ0) is 11.8. The second-order valence-corrected chi connectivity index (χ2v) is 5.58. The Hall–Kier alpha value is -0.730. The standard InChI is InChI=1S/C15H21NO.ClH/c1-17-13-6-4-10(5-7-13)15-12-3-2-11(8-12)14(15)9-16;/h4-7,11-12,14-15H,2-3,8-9,16H2,1H3;1H/t11-,12+,14+,15+;/m1./s1. The number of hydrogen-bond acceptors (Lipinski definition) is 1. The summed E-state index contributed by atoms with van der Waals surface area (Å²) in [4.78, 5) is 0. The van der Waals surface area contributed by atoms with Gasteiger partial charge >= 0.3 is 0 Å². The van der Waals surface area contributed by atoms with Gasteiger partial charge in [0.25, 0.3) is 0 Å². The summed E-state index contributed by atoms with van der Waals surface area (Å²) in [6.07, 6.45) is 4.31. The Kier molecular flexibility index (Phi) is 4.18. The number of quaternary nitrogens is 1. The summed E-state index contributed by atoms with van der Waals surface area (Å²) in [6.45, 7) is 1.10. The molecule has 3 rings (SSSR count). The molecule has 0 amide bonds. The zero-order valence-electron chi connectivity index (χ0n) is 10.9. The van der Waals surface area contributed by atoms with Crippen LogP contribution in [0.1, 0.15) is 30.7 Å². The van der Waals surface area contributed by atoms with Crippen LogP contribution in [-0.4, -0.2) is 13.7 Å². The molecule has 0 unspecified atom stereocenters.